The third-order valence-corrected chi connectivity index (χ3v) is 3.78. The lowest BCUT2D eigenvalue weighted by Gasteiger charge is -2.17. The molecule has 1 aromatic carbocycles. The summed E-state index contributed by atoms with van der Waals surface area (Å²) in [7, 11) is 0. The topological polar surface area (TPSA) is 55.1 Å². The number of para-hydroxylation sites is 1. The number of benzene rings is 1. The number of hydrogen-bond acceptors (Lipinski definition) is 3. The molecule has 0 saturated heterocycles. The summed E-state index contributed by atoms with van der Waals surface area (Å²) in [6, 6.07) is 6.57. The lowest BCUT2D eigenvalue weighted by atomic mass is 9.94. The second-order valence-corrected chi connectivity index (χ2v) is 6.39. The number of rotatable bonds is 8. The van der Waals surface area contributed by atoms with Crippen LogP contribution in [0.15, 0.2) is 29.2 Å². The van der Waals surface area contributed by atoms with E-state index in [-0.39, 0.29) is 11.8 Å². The molecule has 0 bridgehead atoms. The molecule has 0 aliphatic rings. The van der Waals surface area contributed by atoms with Gasteiger partial charge in [-0.05, 0) is 36.9 Å². The zero-order valence-electron chi connectivity index (χ0n) is 12.3. The predicted molar refractivity (Wildman–Crippen MR) is 83.5 cm³/mol. The summed E-state index contributed by atoms with van der Waals surface area (Å²) >= 11 is 0.430. The number of amides is 1. The van der Waals surface area contributed by atoms with Crippen LogP contribution in [0, 0.1) is 11.8 Å². The molecule has 0 saturated carbocycles. The van der Waals surface area contributed by atoms with E-state index in [4.69, 9.17) is 5.73 Å². The van der Waals surface area contributed by atoms with Gasteiger partial charge >= 0.3 is 0 Å². The molecule has 21 heavy (non-hydrogen) atoms. The van der Waals surface area contributed by atoms with Crippen LogP contribution in [-0.2, 0) is 4.79 Å². The summed E-state index contributed by atoms with van der Waals surface area (Å²) in [6.07, 6.45) is 1.18. The fourth-order valence-corrected chi connectivity index (χ4v) is 2.76. The number of nitrogens with two attached hydrogens (primary N) is 1. The van der Waals surface area contributed by atoms with Crippen LogP contribution in [0.3, 0.4) is 0 Å². The second-order valence-electron chi connectivity index (χ2n) is 5.36. The number of halogens is 2. The number of alkyl halides is 2. The minimum Gasteiger partial charge on any atom is -0.330 e. The van der Waals surface area contributed by atoms with Crippen molar-refractivity contribution in [1.29, 1.82) is 0 Å². The van der Waals surface area contributed by atoms with Crippen molar-refractivity contribution in [3.05, 3.63) is 24.3 Å². The third-order valence-electron chi connectivity index (χ3n) is 2.99. The van der Waals surface area contributed by atoms with Crippen molar-refractivity contribution in [3.8, 4) is 0 Å². The van der Waals surface area contributed by atoms with Gasteiger partial charge in [-0.1, -0.05) is 37.7 Å². The molecular formula is C15H22F2N2OS. The zero-order chi connectivity index (χ0) is 15.8. The molecule has 1 aromatic rings. The van der Waals surface area contributed by atoms with Gasteiger partial charge in [-0.2, -0.15) is 8.78 Å². The molecule has 1 amide bonds. The number of carbonyl (C=O) groups is 1. The van der Waals surface area contributed by atoms with Gasteiger partial charge in [-0.25, -0.2) is 0 Å². The van der Waals surface area contributed by atoms with Gasteiger partial charge in [0, 0.05) is 11.3 Å². The summed E-state index contributed by atoms with van der Waals surface area (Å²) in [4.78, 5) is 12.4. The highest BCUT2D eigenvalue weighted by atomic mass is 32.2. The Morgan fingerprint density at radius 3 is 2.57 bits per heavy atom. The smallest absolute Gasteiger partial charge is 0.288 e. The Morgan fingerprint density at radius 2 is 2.00 bits per heavy atom. The Labute approximate surface area is 128 Å². The van der Waals surface area contributed by atoms with Gasteiger partial charge in [0.25, 0.3) is 5.76 Å². The first-order valence-electron chi connectivity index (χ1n) is 6.96. The van der Waals surface area contributed by atoms with E-state index >= 15 is 0 Å². The van der Waals surface area contributed by atoms with Crippen molar-refractivity contribution in [2.75, 3.05) is 11.9 Å². The van der Waals surface area contributed by atoms with Crippen molar-refractivity contribution in [3.63, 3.8) is 0 Å². The van der Waals surface area contributed by atoms with Crippen LogP contribution in [0.25, 0.3) is 0 Å². The summed E-state index contributed by atoms with van der Waals surface area (Å²) in [5.41, 5.74) is 6.10. The maximum absolute atomic E-state index is 12.5. The van der Waals surface area contributed by atoms with Gasteiger partial charge in [0.1, 0.15) is 0 Å². The van der Waals surface area contributed by atoms with Crippen molar-refractivity contribution in [1.82, 2.24) is 0 Å². The van der Waals surface area contributed by atoms with E-state index in [1.165, 1.54) is 0 Å². The quantitative estimate of drug-likeness (QED) is 0.714. The average molecular weight is 316 g/mol. The van der Waals surface area contributed by atoms with Gasteiger partial charge in [0.05, 0.1) is 5.69 Å². The van der Waals surface area contributed by atoms with Crippen LogP contribution in [0.1, 0.15) is 26.7 Å². The first-order valence-corrected chi connectivity index (χ1v) is 7.84. The van der Waals surface area contributed by atoms with Gasteiger partial charge < -0.3 is 11.1 Å². The van der Waals surface area contributed by atoms with E-state index in [9.17, 15) is 13.6 Å². The molecule has 118 valence electrons. The molecule has 6 heteroatoms. The maximum atomic E-state index is 12.5. The lowest BCUT2D eigenvalue weighted by Crippen LogP contribution is -2.23. The number of carbonyl (C=O) groups excluding carboxylic acids is 1. The van der Waals surface area contributed by atoms with E-state index < -0.39 is 5.76 Å². The average Bonchev–Trinajstić information content (AvgIpc) is 2.39. The fourth-order valence-electron chi connectivity index (χ4n) is 2.16. The van der Waals surface area contributed by atoms with Crippen LogP contribution in [0.5, 0.6) is 0 Å². The highest BCUT2D eigenvalue weighted by molar-refractivity contribution is 7.99. The van der Waals surface area contributed by atoms with Crippen molar-refractivity contribution < 1.29 is 13.6 Å². The Balaban J connectivity index is 2.65. The molecule has 0 aliphatic carbocycles. The molecule has 0 aliphatic heterocycles. The van der Waals surface area contributed by atoms with Crippen molar-refractivity contribution in [2.24, 2.45) is 17.6 Å². The van der Waals surface area contributed by atoms with Crippen LogP contribution in [-0.4, -0.2) is 18.2 Å². The fraction of sp³-hybridized carbons (Fsp3) is 0.533. The minimum absolute atomic E-state index is 0.111. The van der Waals surface area contributed by atoms with E-state index in [1.807, 2.05) is 0 Å². The van der Waals surface area contributed by atoms with E-state index in [0.29, 0.717) is 41.2 Å². The van der Waals surface area contributed by atoms with Gasteiger partial charge in [-0.3, -0.25) is 4.79 Å². The Kier molecular flexibility index (Phi) is 7.67. The van der Waals surface area contributed by atoms with E-state index in [2.05, 4.69) is 19.2 Å². The highest BCUT2D eigenvalue weighted by Gasteiger charge is 2.16. The monoisotopic (exact) mass is 316 g/mol. The van der Waals surface area contributed by atoms with Crippen molar-refractivity contribution >= 4 is 23.4 Å². The SMILES string of the molecule is CC(C)CC(CN)CC(=O)Nc1ccccc1SC(F)F. The van der Waals surface area contributed by atoms with Gasteiger partial charge in [0.2, 0.25) is 5.91 Å². The van der Waals surface area contributed by atoms with Crippen molar-refractivity contribution in [2.45, 2.75) is 37.3 Å². The summed E-state index contributed by atoms with van der Waals surface area (Å²) in [5, 5.41) is 2.71. The van der Waals surface area contributed by atoms with Crippen LogP contribution in [0.2, 0.25) is 0 Å². The Hall–Kier alpha value is -1.14. The molecular weight excluding hydrogens is 294 g/mol. The van der Waals surface area contributed by atoms with Crippen LogP contribution in [0.4, 0.5) is 14.5 Å². The molecule has 1 unspecified atom stereocenters. The standard InChI is InChI=1S/C15H22F2N2OS/c1-10(2)7-11(9-18)8-14(20)19-12-5-3-4-6-13(12)21-15(16)17/h3-6,10-11,15H,7-9,18H2,1-2H3,(H,19,20). The van der Waals surface area contributed by atoms with Gasteiger partial charge in [-0.15, -0.1) is 0 Å². The van der Waals surface area contributed by atoms with E-state index in [1.54, 1.807) is 24.3 Å². The first-order chi connectivity index (χ1) is 9.92. The molecule has 0 fully saturated rings. The van der Waals surface area contributed by atoms with Gasteiger partial charge in [0.15, 0.2) is 0 Å². The minimum atomic E-state index is -2.51. The summed E-state index contributed by atoms with van der Waals surface area (Å²) < 4.78 is 25.0. The van der Waals surface area contributed by atoms with E-state index in [0.717, 1.165) is 6.42 Å². The molecule has 3 N–H and O–H groups in total. The molecule has 1 atom stereocenters. The first kappa shape index (κ1) is 17.9. The molecule has 0 spiro atoms. The highest BCUT2D eigenvalue weighted by Crippen LogP contribution is 2.31. The molecule has 1 rings (SSSR count). The number of anilines is 1. The molecule has 0 radical (unpaired) electrons. The number of hydrogen-bond donors (Lipinski definition) is 2. The molecule has 3 nitrogen and oxygen atoms in total. The number of nitrogens with one attached hydrogen (secondary N) is 1. The molecule has 0 heterocycles. The summed E-state index contributed by atoms with van der Waals surface area (Å²) in [6.45, 7) is 4.60. The lowest BCUT2D eigenvalue weighted by molar-refractivity contribution is -0.117. The second kappa shape index (κ2) is 9.00. The molecule has 0 aromatic heterocycles. The predicted octanol–water partition coefficient (Wildman–Crippen LogP) is 3.95. The Bertz CT molecular complexity index is 455. The third kappa shape index (κ3) is 6.91. The number of thioether (sulfide) groups is 1. The zero-order valence-corrected chi connectivity index (χ0v) is 13.1. The summed E-state index contributed by atoms with van der Waals surface area (Å²) in [5.74, 6) is -2.12. The largest absolute Gasteiger partial charge is 0.330 e. The Morgan fingerprint density at radius 1 is 1.33 bits per heavy atom. The normalized spacial score (nSPS) is 12.7. The van der Waals surface area contributed by atoms with Crippen LogP contribution >= 0.6 is 11.8 Å². The maximum Gasteiger partial charge on any atom is 0.288 e. The van der Waals surface area contributed by atoms with Crippen LogP contribution < -0.4 is 11.1 Å².